The molecule has 0 spiro atoms. The number of hydrazine groups is 1. The Morgan fingerprint density at radius 3 is 2.67 bits per heavy atom. The van der Waals surface area contributed by atoms with Crippen LogP contribution in [0.4, 0.5) is 10.1 Å². The van der Waals surface area contributed by atoms with Crippen molar-refractivity contribution in [2.75, 3.05) is 5.01 Å². The van der Waals surface area contributed by atoms with Crippen LogP contribution >= 0.6 is 11.6 Å². The first-order chi connectivity index (χ1) is 14.3. The number of rotatable bonds is 4. The highest BCUT2D eigenvalue weighted by Crippen LogP contribution is 2.28. The van der Waals surface area contributed by atoms with Crippen LogP contribution in [-0.2, 0) is 9.59 Å². The van der Waals surface area contributed by atoms with Crippen molar-refractivity contribution in [2.24, 2.45) is 0 Å². The van der Waals surface area contributed by atoms with Gasteiger partial charge < -0.3 is 9.52 Å². The van der Waals surface area contributed by atoms with Gasteiger partial charge in [-0.05, 0) is 48.5 Å². The summed E-state index contributed by atoms with van der Waals surface area (Å²) < 4.78 is 19.0. The van der Waals surface area contributed by atoms with Gasteiger partial charge in [-0.15, -0.1) is 0 Å². The van der Waals surface area contributed by atoms with E-state index in [9.17, 15) is 18.8 Å². The van der Waals surface area contributed by atoms with Gasteiger partial charge in [0.1, 0.15) is 22.9 Å². The first-order valence-electron chi connectivity index (χ1n) is 8.59. The minimum Gasteiger partial charge on any atom is -0.478 e. The third-order valence-corrected chi connectivity index (χ3v) is 4.65. The number of amides is 2. The lowest BCUT2D eigenvalue weighted by molar-refractivity contribution is -0.117. The van der Waals surface area contributed by atoms with Gasteiger partial charge >= 0.3 is 5.97 Å². The number of nitrogens with one attached hydrogen (secondary N) is 1. The summed E-state index contributed by atoms with van der Waals surface area (Å²) in [6, 6.07) is 12.9. The molecule has 0 aliphatic carbocycles. The molecular weight excluding hydrogens is 415 g/mol. The zero-order valence-corrected chi connectivity index (χ0v) is 15.8. The third kappa shape index (κ3) is 3.56. The molecule has 1 saturated heterocycles. The van der Waals surface area contributed by atoms with Gasteiger partial charge in [-0.25, -0.2) is 14.2 Å². The van der Waals surface area contributed by atoms with Crippen LogP contribution in [0.25, 0.3) is 17.4 Å². The summed E-state index contributed by atoms with van der Waals surface area (Å²) in [7, 11) is 0. The van der Waals surface area contributed by atoms with Crippen LogP contribution in [0.1, 0.15) is 16.1 Å². The molecule has 1 fully saturated rings. The Bertz CT molecular complexity index is 1230. The number of carboxylic acids is 1. The van der Waals surface area contributed by atoms with Gasteiger partial charge in [-0.1, -0.05) is 23.7 Å². The van der Waals surface area contributed by atoms with Crippen molar-refractivity contribution in [2.45, 2.75) is 0 Å². The van der Waals surface area contributed by atoms with Gasteiger partial charge in [-0.2, -0.15) is 0 Å². The summed E-state index contributed by atoms with van der Waals surface area (Å²) in [5.74, 6) is -2.44. The normalized spacial score (nSPS) is 15.0. The van der Waals surface area contributed by atoms with Crippen LogP contribution in [0.15, 0.2) is 64.6 Å². The molecule has 4 rings (SSSR count). The second kappa shape index (κ2) is 7.49. The summed E-state index contributed by atoms with van der Waals surface area (Å²) in [5.41, 5.74) is 3.03. The topological polar surface area (TPSA) is 99.9 Å². The maximum Gasteiger partial charge on any atom is 0.335 e. The highest BCUT2D eigenvalue weighted by molar-refractivity contribution is 6.33. The average molecular weight is 427 g/mol. The number of hydrogen-bond acceptors (Lipinski definition) is 4. The monoisotopic (exact) mass is 426 g/mol. The molecule has 2 heterocycles. The molecule has 30 heavy (non-hydrogen) atoms. The van der Waals surface area contributed by atoms with Gasteiger partial charge in [0.25, 0.3) is 11.8 Å². The molecule has 2 aromatic carbocycles. The Labute approximate surface area is 173 Å². The van der Waals surface area contributed by atoms with Crippen molar-refractivity contribution in [3.05, 3.63) is 82.3 Å². The van der Waals surface area contributed by atoms with Crippen molar-refractivity contribution in [1.82, 2.24) is 5.43 Å². The fourth-order valence-corrected chi connectivity index (χ4v) is 3.07. The lowest BCUT2D eigenvalue weighted by atomic mass is 10.1. The molecule has 150 valence electrons. The molecule has 0 saturated carbocycles. The van der Waals surface area contributed by atoms with E-state index in [2.05, 4.69) is 5.43 Å². The molecule has 2 N–H and O–H groups in total. The van der Waals surface area contributed by atoms with E-state index in [-0.39, 0.29) is 27.6 Å². The van der Waals surface area contributed by atoms with Crippen LogP contribution in [-0.4, -0.2) is 22.9 Å². The number of hydrogen-bond donors (Lipinski definition) is 2. The maximum absolute atomic E-state index is 13.4. The van der Waals surface area contributed by atoms with E-state index in [0.717, 1.165) is 11.1 Å². The number of aromatic carboxylic acids is 1. The molecule has 0 radical (unpaired) electrons. The summed E-state index contributed by atoms with van der Waals surface area (Å²) in [5, 5.41) is 9.87. The third-order valence-electron chi connectivity index (χ3n) is 4.36. The SMILES string of the molecule is O=C1NN(c2ccc(F)c(Cl)c2)C(=O)/C1=C/c1ccc(-c2cccc(C(=O)O)c2)o1. The van der Waals surface area contributed by atoms with Crippen LogP contribution in [0.3, 0.4) is 0 Å². The highest BCUT2D eigenvalue weighted by Gasteiger charge is 2.35. The number of anilines is 1. The Morgan fingerprint density at radius 2 is 1.93 bits per heavy atom. The van der Waals surface area contributed by atoms with E-state index in [1.165, 1.54) is 30.3 Å². The van der Waals surface area contributed by atoms with E-state index in [1.54, 1.807) is 24.3 Å². The molecule has 1 aromatic heterocycles. The molecule has 1 aliphatic heterocycles. The minimum atomic E-state index is -1.07. The number of nitrogens with zero attached hydrogens (tertiary/aromatic N) is 1. The first kappa shape index (κ1) is 19.4. The molecule has 9 heteroatoms. The molecule has 1 aliphatic rings. The largest absolute Gasteiger partial charge is 0.478 e. The van der Waals surface area contributed by atoms with Crippen LogP contribution < -0.4 is 10.4 Å². The zero-order chi connectivity index (χ0) is 21.4. The Kier molecular flexibility index (Phi) is 4.85. The molecule has 0 atom stereocenters. The van der Waals surface area contributed by atoms with Crippen molar-refractivity contribution >= 4 is 41.1 Å². The number of halogens is 2. The predicted octanol–water partition coefficient (Wildman–Crippen LogP) is 3.90. The van der Waals surface area contributed by atoms with Crippen molar-refractivity contribution in [3.8, 4) is 11.3 Å². The smallest absolute Gasteiger partial charge is 0.335 e. The Hall–Kier alpha value is -3.91. The van der Waals surface area contributed by atoms with E-state index < -0.39 is 23.6 Å². The molecule has 0 bridgehead atoms. The van der Waals surface area contributed by atoms with Gasteiger partial charge in [-0.3, -0.25) is 15.0 Å². The minimum absolute atomic E-state index is 0.0998. The molecule has 0 unspecified atom stereocenters. The predicted molar refractivity (Wildman–Crippen MR) is 106 cm³/mol. The van der Waals surface area contributed by atoms with Gasteiger partial charge in [0.05, 0.1) is 16.3 Å². The van der Waals surface area contributed by atoms with Gasteiger partial charge in [0.2, 0.25) is 0 Å². The molecule has 7 nitrogen and oxygen atoms in total. The molecule has 2 amide bonds. The maximum atomic E-state index is 13.4. The van der Waals surface area contributed by atoms with E-state index >= 15 is 0 Å². The van der Waals surface area contributed by atoms with Gasteiger partial charge in [0.15, 0.2) is 0 Å². The molecular formula is C21H12ClFN2O5. The lowest BCUT2D eigenvalue weighted by Crippen LogP contribution is -2.35. The summed E-state index contributed by atoms with van der Waals surface area (Å²) in [4.78, 5) is 36.0. The second-order valence-electron chi connectivity index (χ2n) is 6.33. The average Bonchev–Trinajstić information content (AvgIpc) is 3.30. The Balaban J connectivity index is 1.62. The van der Waals surface area contributed by atoms with Gasteiger partial charge in [0, 0.05) is 5.56 Å². The summed E-state index contributed by atoms with van der Waals surface area (Å²) >= 11 is 5.74. The van der Waals surface area contributed by atoms with Crippen LogP contribution in [0, 0.1) is 5.82 Å². The Morgan fingerprint density at radius 1 is 1.13 bits per heavy atom. The fraction of sp³-hybridized carbons (Fsp3) is 0. The summed E-state index contributed by atoms with van der Waals surface area (Å²) in [6.45, 7) is 0. The van der Waals surface area contributed by atoms with Crippen LogP contribution in [0.2, 0.25) is 5.02 Å². The number of carboxylic acid groups (broad SMARTS) is 1. The summed E-state index contributed by atoms with van der Waals surface area (Å²) in [6.07, 6.45) is 1.27. The van der Waals surface area contributed by atoms with Crippen molar-refractivity contribution in [1.29, 1.82) is 0 Å². The number of benzene rings is 2. The number of carbonyl (C=O) groups excluding carboxylic acids is 2. The quantitative estimate of drug-likeness (QED) is 0.487. The molecule has 3 aromatic rings. The fourth-order valence-electron chi connectivity index (χ4n) is 2.90. The zero-order valence-electron chi connectivity index (χ0n) is 15.1. The number of furan rings is 1. The van der Waals surface area contributed by atoms with E-state index in [0.29, 0.717) is 11.3 Å². The number of carbonyl (C=O) groups is 3. The first-order valence-corrected chi connectivity index (χ1v) is 8.97. The second-order valence-corrected chi connectivity index (χ2v) is 6.73. The van der Waals surface area contributed by atoms with Crippen LogP contribution in [0.5, 0.6) is 0 Å². The standard InChI is InChI=1S/C21H12ClFN2O5/c22-16-9-13(4-6-17(16)23)25-20(27)15(19(26)24-25)10-14-5-7-18(30-14)11-2-1-3-12(8-11)21(28)29/h1-10H,(H,24,26)(H,28,29)/b15-10+. The van der Waals surface area contributed by atoms with E-state index in [4.69, 9.17) is 21.1 Å². The highest BCUT2D eigenvalue weighted by atomic mass is 35.5. The van der Waals surface area contributed by atoms with Crippen molar-refractivity contribution < 1.29 is 28.3 Å². The lowest BCUT2D eigenvalue weighted by Gasteiger charge is -2.14. The van der Waals surface area contributed by atoms with Crippen molar-refractivity contribution in [3.63, 3.8) is 0 Å². The van der Waals surface area contributed by atoms with E-state index in [1.807, 2.05) is 0 Å².